The molecule has 0 unspecified atom stereocenters. The molecule has 5 rings (SSSR count). The Kier molecular flexibility index (Phi) is 5.43. The number of methoxy groups -OCH3 is 2. The highest BCUT2D eigenvalue weighted by atomic mass is 16.5. The van der Waals surface area contributed by atoms with Crippen molar-refractivity contribution in [3.8, 4) is 22.8 Å². The SMILES string of the molecule is COc1ccc(-c2cc(C(=O)Nc3ccc4oc(=O)ccc4c3)c3ccccc3n2)cc1OC. The van der Waals surface area contributed by atoms with Crippen molar-refractivity contribution >= 4 is 33.5 Å². The highest BCUT2D eigenvalue weighted by Crippen LogP contribution is 2.33. The molecule has 0 radical (unpaired) electrons. The molecule has 5 aromatic rings. The summed E-state index contributed by atoms with van der Waals surface area (Å²) >= 11 is 0. The summed E-state index contributed by atoms with van der Waals surface area (Å²) in [6, 6.07) is 22.9. The Labute approximate surface area is 194 Å². The fourth-order valence-corrected chi connectivity index (χ4v) is 3.85. The number of carbonyl (C=O) groups is 1. The minimum atomic E-state index is -0.421. The van der Waals surface area contributed by atoms with Crippen molar-refractivity contribution < 1.29 is 18.7 Å². The molecule has 1 amide bonds. The smallest absolute Gasteiger partial charge is 0.336 e. The lowest BCUT2D eigenvalue weighted by molar-refractivity contribution is 0.102. The van der Waals surface area contributed by atoms with Crippen LogP contribution in [-0.4, -0.2) is 25.1 Å². The van der Waals surface area contributed by atoms with Gasteiger partial charge in [-0.05, 0) is 54.6 Å². The Hall–Kier alpha value is -4.65. The summed E-state index contributed by atoms with van der Waals surface area (Å²) in [6.45, 7) is 0. The molecule has 7 heteroatoms. The summed E-state index contributed by atoms with van der Waals surface area (Å²) in [5.41, 5.74) is 3.21. The Morgan fingerprint density at radius 2 is 1.71 bits per heavy atom. The molecule has 3 aromatic carbocycles. The number of aromatic nitrogens is 1. The maximum absolute atomic E-state index is 13.4. The predicted octanol–water partition coefficient (Wildman–Crippen LogP) is 5.28. The number of para-hydroxylation sites is 1. The molecule has 0 saturated carbocycles. The molecular formula is C27H20N2O5. The van der Waals surface area contributed by atoms with Crippen molar-refractivity contribution in [2.75, 3.05) is 19.5 Å². The number of rotatable bonds is 5. The van der Waals surface area contributed by atoms with E-state index in [1.54, 1.807) is 50.6 Å². The number of anilines is 1. The third kappa shape index (κ3) is 3.95. The number of fused-ring (bicyclic) bond motifs is 2. The molecule has 34 heavy (non-hydrogen) atoms. The van der Waals surface area contributed by atoms with Crippen LogP contribution in [0.3, 0.4) is 0 Å². The molecule has 0 bridgehead atoms. The quantitative estimate of drug-likeness (QED) is 0.365. The van der Waals surface area contributed by atoms with E-state index in [0.29, 0.717) is 44.9 Å². The van der Waals surface area contributed by atoms with E-state index in [-0.39, 0.29) is 5.91 Å². The number of benzene rings is 3. The van der Waals surface area contributed by atoms with Crippen molar-refractivity contribution in [1.29, 1.82) is 0 Å². The van der Waals surface area contributed by atoms with E-state index < -0.39 is 5.63 Å². The van der Waals surface area contributed by atoms with Crippen LogP contribution in [-0.2, 0) is 0 Å². The van der Waals surface area contributed by atoms with Gasteiger partial charge in [0.2, 0.25) is 0 Å². The largest absolute Gasteiger partial charge is 0.493 e. The van der Waals surface area contributed by atoms with Gasteiger partial charge in [-0.3, -0.25) is 4.79 Å². The standard InChI is InChI=1S/C27H20N2O5/c1-32-24-10-7-16(14-25(24)33-2)22-15-20(19-5-3-4-6-21(19)29-22)27(31)28-18-9-11-23-17(13-18)8-12-26(30)34-23/h3-15H,1-2H3,(H,28,31). The van der Waals surface area contributed by atoms with Gasteiger partial charge in [0, 0.05) is 28.1 Å². The lowest BCUT2D eigenvalue weighted by atomic mass is 10.0. The van der Waals surface area contributed by atoms with Gasteiger partial charge in [0.25, 0.3) is 5.91 Å². The van der Waals surface area contributed by atoms with Crippen LogP contribution in [0.1, 0.15) is 10.4 Å². The molecule has 0 aliphatic heterocycles. The number of ether oxygens (including phenoxy) is 2. The second-order valence-corrected chi connectivity index (χ2v) is 7.60. The van der Waals surface area contributed by atoms with Gasteiger partial charge in [-0.25, -0.2) is 9.78 Å². The zero-order valence-electron chi connectivity index (χ0n) is 18.5. The number of pyridine rings is 1. The summed E-state index contributed by atoms with van der Waals surface area (Å²) in [4.78, 5) is 29.5. The maximum Gasteiger partial charge on any atom is 0.336 e. The van der Waals surface area contributed by atoms with E-state index in [4.69, 9.17) is 18.9 Å². The Balaban J connectivity index is 1.57. The highest BCUT2D eigenvalue weighted by Gasteiger charge is 2.16. The van der Waals surface area contributed by atoms with Gasteiger partial charge in [0.1, 0.15) is 5.58 Å². The summed E-state index contributed by atoms with van der Waals surface area (Å²) in [5.74, 6) is 0.901. The monoisotopic (exact) mass is 452 g/mol. The summed E-state index contributed by atoms with van der Waals surface area (Å²) in [5, 5.41) is 4.39. The van der Waals surface area contributed by atoms with Gasteiger partial charge in [-0.2, -0.15) is 0 Å². The van der Waals surface area contributed by atoms with Crippen molar-refractivity contribution in [2.45, 2.75) is 0 Å². The molecule has 0 aliphatic carbocycles. The van der Waals surface area contributed by atoms with Crippen molar-refractivity contribution in [2.24, 2.45) is 0 Å². The van der Waals surface area contributed by atoms with Gasteiger partial charge >= 0.3 is 5.63 Å². The highest BCUT2D eigenvalue weighted by molar-refractivity contribution is 6.13. The number of carbonyl (C=O) groups excluding carboxylic acids is 1. The average molecular weight is 452 g/mol. The lowest BCUT2D eigenvalue weighted by Crippen LogP contribution is -2.13. The number of hydrogen-bond donors (Lipinski definition) is 1. The number of nitrogens with zero attached hydrogens (tertiary/aromatic N) is 1. The van der Waals surface area contributed by atoms with Gasteiger partial charge < -0.3 is 19.2 Å². The van der Waals surface area contributed by atoms with Crippen LogP contribution in [0.2, 0.25) is 0 Å². The predicted molar refractivity (Wildman–Crippen MR) is 131 cm³/mol. The van der Waals surface area contributed by atoms with E-state index in [0.717, 1.165) is 10.9 Å². The Bertz CT molecular complexity index is 1610. The Morgan fingerprint density at radius 1 is 0.882 bits per heavy atom. The maximum atomic E-state index is 13.4. The minimum Gasteiger partial charge on any atom is -0.493 e. The fourth-order valence-electron chi connectivity index (χ4n) is 3.85. The number of hydrogen-bond acceptors (Lipinski definition) is 6. The van der Waals surface area contributed by atoms with Crippen LogP contribution in [0.4, 0.5) is 5.69 Å². The minimum absolute atomic E-state index is 0.280. The first-order valence-corrected chi connectivity index (χ1v) is 10.5. The van der Waals surface area contributed by atoms with E-state index in [1.165, 1.54) is 6.07 Å². The van der Waals surface area contributed by atoms with Crippen molar-refractivity contribution in [3.05, 3.63) is 94.8 Å². The van der Waals surface area contributed by atoms with Gasteiger partial charge in [-0.1, -0.05) is 18.2 Å². The second-order valence-electron chi connectivity index (χ2n) is 7.60. The van der Waals surface area contributed by atoms with E-state index in [2.05, 4.69) is 5.32 Å². The van der Waals surface area contributed by atoms with Crippen LogP contribution in [0.15, 0.2) is 88.1 Å². The lowest BCUT2D eigenvalue weighted by Gasteiger charge is -2.13. The molecule has 1 N–H and O–H groups in total. The topological polar surface area (TPSA) is 90.7 Å². The molecule has 0 fully saturated rings. The number of nitrogens with one attached hydrogen (secondary N) is 1. The van der Waals surface area contributed by atoms with E-state index in [9.17, 15) is 9.59 Å². The van der Waals surface area contributed by atoms with Gasteiger partial charge in [-0.15, -0.1) is 0 Å². The molecule has 2 aromatic heterocycles. The first-order valence-electron chi connectivity index (χ1n) is 10.5. The average Bonchev–Trinajstić information content (AvgIpc) is 2.87. The molecule has 0 aliphatic rings. The molecule has 0 saturated heterocycles. The zero-order chi connectivity index (χ0) is 23.7. The van der Waals surface area contributed by atoms with Crippen LogP contribution in [0, 0.1) is 0 Å². The van der Waals surface area contributed by atoms with Crippen LogP contribution >= 0.6 is 0 Å². The van der Waals surface area contributed by atoms with Gasteiger partial charge in [0.05, 0.1) is 31.0 Å². The number of amides is 1. The van der Waals surface area contributed by atoms with Crippen molar-refractivity contribution in [1.82, 2.24) is 4.98 Å². The summed E-state index contributed by atoms with van der Waals surface area (Å²) in [7, 11) is 3.15. The molecule has 168 valence electrons. The third-order valence-electron chi connectivity index (χ3n) is 5.52. The van der Waals surface area contributed by atoms with Gasteiger partial charge in [0.15, 0.2) is 11.5 Å². The molecular weight excluding hydrogens is 432 g/mol. The third-order valence-corrected chi connectivity index (χ3v) is 5.52. The first kappa shape index (κ1) is 21.2. The first-order chi connectivity index (χ1) is 16.6. The second kappa shape index (κ2) is 8.71. The molecule has 7 nitrogen and oxygen atoms in total. The normalized spacial score (nSPS) is 10.9. The summed E-state index contributed by atoms with van der Waals surface area (Å²) < 4.78 is 15.9. The van der Waals surface area contributed by atoms with Crippen LogP contribution in [0.25, 0.3) is 33.1 Å². The fraction of sp³-hybridized carbons (Fsp3) is 0.0741. The molecule has 2 heterocycles. The van der Waals surface area contributed by atoms with E-state index in [1.807, 2.05) is 36.4 Å². The Morgan fingerprint density at radius 3 is 2.53 bits per heavy atom. The van der Waals surface area contributed by atoms with Crippen molar-refractivity contribution in [3.63, 3.8) is 0 Å². The molecule has 0 atom stereocenters. The summed E-state index contributed by atoms with van der Waals surface area (Å²) in [6.07, 6.45) is 0. The zero-order valence-corrected chi connectivity index (χ0v) is 18.5. The van der Waals surface area contributed by atoms with Crippen LogP contribution < -0.4 is 20.4 Å². The van der Waals surface area contributed by atoms with E-state index >= 15 is 0 Å². The molecule has 0 spiro atoms. The van der Waals surface area contributed by atoms with Crippen LogP contribution in [0.5, 0.6) is 11.5 Å².